The summed E-state index contributed by atoms with van der Waals surface area (Å²) in [5.74, 6) is 0.994. The van der Waals surface area contributed by atoms with E-state index < -0.39 is 0 Å². The van der Waals surface area contributed by atoms with Crippen LogP contribution in [0.4, 0.5) is 5.82 Å². The number of rotatable bonds is 2. The molecule has 3 aromatic rings. The third kappa shape index (κ3) is 1.65. The third-order valence-electron chi connectivity index (χ3n) is 3.87. The van der Waals surface area contributed by atoms with Gasteiger partial charge in [0.25, 0.3) is 0 Å². The molecule has 1 aliphatic heterocycles. The van der Waals surface area contributed by atoms with E-state index in [4.69, 9.17) is 0 Å². The molecule has 1 fully saturated rings. The van der Waals surface area contributed by atoms with Gasteiger partial charge in [0.1, 0.15) is 4.83 Å². The second-order valence-corrected chi connectivity index (χ2v) is 6.51. The standard InChI is InChI=1S/C14H17N5S/c1-7-4-8(2)16-14-10(7)11-12(20-14)13(18-19(11)3)17-9-5-15-6-9/h4,9,15H,5-6H2,1-3H3,(H,17,18). The molecule has 6 heteroatoms. The first kappa shape index (κ1) is 12.1. The number of anilines is 1. The van der Waals surface area contributed by atoms with Crippen LogP contribution in [0.25, 0.3) is 20.4 Å². The van der Waals surface area contributed by atoms with E-state index in [0.29, 0.717) is 6.04 Å². The number of nitrogens with zero attached hydrogens (tertiary/aromatic N) is 3. The highest BCUT2D eigenvalue weighted by Crippen LogP contribution is 2.38. The van der Waals surface area contributed by atoms with E-state index >= 15 is 0 Å². The topological polar surface area (TPSA) is 54.8 Å². The molecule has 5 nitrogen and oxygen atoms in total. The van der Waals surface area contributed by atoms with E-state index in [0.717, 1.165) is 29.4 Å². The van der Waals surface area contributed by atoms with Crippen molar-refractivity contribution in [1.82, 2.24) is 20.1 Å². The average molecular weight is 287 g/mol. The minimum atomic E-state index is 0.495. The summed E-state index contributed by atoms with van der Waals surface area (Å²) in [5.41, 5.74) is 3.55. The quantitative estimate of drug-likeness (QED) is 0.758. The first-order valence-electron chi connectivity index (χ1n) is 6.84. The maximum atomic E-state index is 4.68. The van der Waals surface area contributed by atoms with E-state index in [2.05, 4.69) is 33.7 Å². The van der Waals surface area contributed by atoms with Gasteiger partial charge in [0.2, 0.25) is 0 Å². The van der Waals surface area contributed by atoms with Crippen LogP contribution in [-0.2, 0) is 7.05 Å². The number of nitrogens with one attached hydrogen (secondary N) is 2. The fourth-order valence-electron chi connectivity index (χ4n) is 2.82. The van der Waals surface area contributed by atoms with Crippen LogP contribution >= 0.6 is 11.3 Å². The van der Waals surface area contributed by atoms with Crippen molar-refractivity contribution in [3.05, 3.63) is 17.3 Å². The van der Waals surface area contributed by atoms with Crippen LogP contribution in [0.2, 0.25) is 0 Å². The SMILES string of the molecule is Cc1cc(C)c2c(n1)sc1c(NC3CNC3)nn(C)c12. The predicted octanol–water partition coefficient (Wildman–Crippen LogP) is 2.18. The lowest BCUT2D eigenvalue weighted by Crippen LogP contribution is -2.51. The molecular formula is C14H17N5S. The molecule has 0 bridgehead atoms. The first-order chi connectivity index (χ1) is 9.63. The van der Waals surface area contributed by atoms with Crippen LogP contribution in [0.15, 0.2) is 6.07 Å². The van der Waals surface area contributed by atoms with E-state index in [9.17, 15) is 0 Å². The van der Waals surface area contributed by atoms with Gasteiger partial charge in [0.15, 0.2) is 5.82 Å². The highest BCUT2D eigenvalue weighted by Gasteiger charge is 2.22. The average Bonchev–Trinajstić information content (AvgIpc) is 2.82. The van der Waals surface area contributed by atoms with Crippen LogP contribution < -0.4 is 10.6 Å². The summed E-state index contributed by atoms with van der Waals surface area (Å²) in [6.45, 7) is 6.23. The lowest BCUT2D eigenvalue weighted by atomic mass is 10.1. The Labute approximate surface area is 121 Å². The summed E-state index contributed by atoms with van der Waals surface area (Å²) < 4.78 is 3.20. The van der Waals surface area contributed by atoms with Crippen LogP contribution in [-0.4, -0.2) is 33.9 Å². The summed E-state index contributed by atoms with van der Waals surface area (Å²) in [6, 6.07) is 2.64. The van der Waals surface area contributed by atoms with Crippen molar-refractivity contribution in [2.45, 2.75) is 19.9 Å². The van der Waals surface area contributed by atoms with Gasteiger partial charge >= 0.3 is 0 Å². The van der Waals surface area contributed by atoms with Crippen molar-refractivity contribution in [2.24, 2.45) is 7.05 Å². The second kappa shape index (κ2) is 4.17. The molecule has 104 valence electrons. The van der Waals surface area contributed by atoms with Gasteiger partial charge in [-0.3, -0.25) is 4.68 Å². The molecular weight excluding hydrogens is 270 g/mol. The summed E-state index contributed by atoms with van der Waals surface area (Å²) in [6.07, 6.45) is 0. The minimum Gasteiger partial charge on any atom is -0.362 e. The monoisotopic (exact) mass is 287 g/mol. The Morgan fingerprint density at radius 2 is 2.20 bits per heavy atom. The van der Waals surface area contributed by atoms with Crippen molar-refractivity contribution in [3.8, 4) is 0 Å². The van der Waals surface area contributed by atoms with Gasteiger partial charge < -0.3 is 10.6 Å². The summed E-state index contributed by atoms with van der Waals surface area (Å²) >= 11 is 1.74. The van der Waals surface area contributed by atoms with E-state index in [1.165, 1.54) is 21.2 Å². The zero-order chi connectivity index (χ0) is 13.9. The molecule has 20 heavy (non-hydrogen) atoms. The molecule has 0 unspecified atom stereocenters. The Bertz CT molecular complexity index is 812. The van der Waals surface area contributed by atoms with Gasteiger partial charge in [-0.15, -0.1) is 11.3 Å². The molecule has 4 rings (SSSR count). The summed E-state index contributed by atoms with van der Waals surface area (Å²) in [5, 5.41) is 12.7. The lowest BCUT2D eigenvalue weighted by Gasteiger charge is -2.27. The fourth-order valence-corrected chi connectivity index (χ4v) is 4.09. The minimum absolute atomic E-state index is 0.495. The molecule has 1 aliphatic rings. The Kier molecular flexibility index (Phi) is 2.52. The van der Waals surface area contributed by atoms with Gasteiger partial charge in [0.05, 0.1) is 16.3 Å². The van der Waals surface area contributed by atoms with Crippen molar-refractivity contribution in [3.63, 3.8) is 0 Å². The number of thiophene rings is 1. The van der Waals surface area contributed by atoms with Gasteiger partial charge in [-0.2, -0.15) is 5.10 Å². The smallest absolute Gasteiger partial charge is 0.166 e. The Hall–Kier alpha value is -1.66. The number of fused-ring (bicyclic) bond motifs is 3. The van der Waals surface area contributed by atoms with Crippen LogP contribution in [0.3, 0.4) is 0 Å². The molecule has 0 aromatic carbocycles. The van der Waals surface area contributed by atoms with Crippen molar-refractivity contribution in [1.29, 1.82) is 0 Å². The Morgan fingerprint density at radius 1 is 1.40 bits per heavy atom. The highest BCUT2D eigenvalue weighted by molar-refractivity contribution is 7.26. The van der Waals surface area contributed by atoms with Gasteiger partial charge in [-0.1, -0.05) is 0 Å². The molecule has 0 atom stereocenters. The summed E-state index contributed by atoms with van der Waals surface area (Å²) in [7, 11) is 2.01. The normalized spacial score (nSPS) is 15.9. The Balaban J connectivity index is 1.96. The third-order valence-corrected chi connectivity index (χ3v) is 4.95. The maximum Gasteiger partial charge on any atom is 0.166 e. The molecule has 0 amide bonds. The van der Waals surface area contributed by atoms with Crippen LogP contribution in [0.1, 0.15) is 11.3 Å². The van der Waals surface area contributed by atoms with Crippen molar-refractivity contribution >= 4 is 37.6 Å². The van der Waals surface area contributed by atoms with Crippen LogP contribution in [0, 0.1) is 13.8 Å². The zero-order valence-electron chi connectivity index (χ0n) is 11.8. The second-order valence-electron chi connectivity index (χ2n) is 5.51. The number of hydrogen-bond acceptors (Lipinski definition) is 5. The predicted molar refractivity (Wildman–Crippen MR) is 83.6 cm³/mol. The maximum absolute atomic E-state index is 4.68. The van der Waals surface area contributed by atoms with E-state index in [1.807, 2.05) is 18.7 Å². The summed E-state index contributed by atoms with van der Waals surface area (Å²) in [4.78, 5) is 5.79. The number of pyridine rings is 1. The molecule has 0 radical (unpaired) electrons. The van der Waals surface area contributed by atoms with Gasteiger partial charge in [-0.25, -0.2) is 4.98 Å². The number of hydrogen-bond donors (Lipinski definition) is 2. The molecule has 1 saturated heterocycles. The molecule has 3 aromatic heterocycles. The molecule has 4 heterocycles. The van der Waals surface area contributed by atoms with Gasteiger partial charge in [-0.05, 0) is 25.5 Å². The molecule has 2 N–H and O–H groups in total. The molecule has 0 spiro atoms. The van der Waals surface area contributed by atoms with Crippen molar-refractivity contribution in [2.75, 3.05) is 18.4 Å². The zero-order valence-corrected chi connectivity index (χ0v) is 12.6. The Morgan fingerprint density at radius 3 is 2.90 bits per heavy atom. The first-order valence-corrected chi connectivity index (χ1v) is 7.66. The molecule has 0 saturated carbocycles. The van der Waals surface area contributed by atoms with E-state index in [-0.39, 0.29) is 0 Å². The largest absolute Gasteiger partial charge is 0.362 e. The molecule has 0 aliphatic carbocycles. The fraction of sp³-hybridized carbons (Fsp3) is 0.429. The highest BCUT2D eigenvalue weighted by atomic mass is 32.1. The van der Waals surface area contributed by atoms with Gasteiger partial charge in [0, 0.05) is 31.2 Å². The van der Waals surface area contributed by atoms with E-state index in [1.54, 1.807) is 11.3 Å². The lowest BCUT2D eigenvalue weighted by molar-refractivity contribution is 0.471. The number of aromatic nitrogens is 3. The van der Waals surface area contributed by atoms with Crippen molar-refractivity contribution < 1.29 is 0 Å². The number of aryl methyl sites for hydroxylation is 3. The van der Waals surface area contributed by atoms with Crippen LogP contribution in [0.5, 0.6) is 0 Å².